The summed E-state index contributed by atoms with van der Waals surface area (Å²) in [4.78, 5) is 26.0. The van der Waals surface area contributed by atoms with E-state index in [1.807, 2.05) is 0 Å². The van der Waals surface area contributed by atoms with Gasteiger partial charge in [-0.2, -0.15) is 0 Å². The molecule has 1 fully saturated rings. The lowest BCUT2D eigenvalue weighted by molar-refractivity contribution is -0.120. The lowest BCUT2D eigenvalue weighted by Crippen LogP contribution is -2.50. The number of Topliss-reactive ketones (excluding diaryl/α,β-unsaturated/α-hetero) is 1. The van der Waals surface area contributed by atoms with E-state index in [1.54, 1.807) is 58.9 Å². The SMILES string of the molecule is CCOP(=O)(OCC)[C@]1([C@H](NC(=O)OC(C)(C)C)c2ccc(Cl)cc2)CCCC1=O. The third-order valence-corrected chi connectivity index (χ3v) is 8.03. The fourth-order valence-corrected chi connectivity index (χ4v) is 6.51. The number of amides is 1. The number of nitrogens with one attached hydrogen (secondary N) is 1. The minimum atomic E-state index is -3.95. The standard InChI is InChI=1S/C21H31ClNO6P/c1-6-27-30(26,28-7-2)21(14-8-9-17(21)24)18(15-10-12-16(22)13-11-15)23-19(25)29-20(3,4)5/h10-13,18H,6-9,14H2,1-5H3,(H,23,25)/t18-,21-/m1/s1. The van der Waals surface area contributed by atoms with E-state index in [0.717, 1.165) is 0 Å². The van der Waals surface area contributed by atoms with Crippen molar-refractivity contribution in [2.45, 2.75) is 70.7 Å². The van der Waals surface area contributed by atoms with Gasteiger partial charge in [-0.05, 0) is 65.2 Å². The van der Waals surface area contributed by atoms with Crippen molar-refractivity contribution in [3.63, 3.8) is 0 Å². The second-order valence-electron chi connectivity index (χ2n) is 8.16. The average molecular weight is 460 g/mol. The summed E-state index contributed by atoms with van der Waals surface area (Å²) in [5.41, 5.74) is -0.175. The summed E-state index contributed by atoms with van der Waals surface area (Å²) < 4.78 is 30.7. The second kappa shape index (κ2) is 9.82. The molecule has 0 spiro atoms. The van der Waals surface area contributed by atoms with Gasteiger partial charge in [0.15, 0.2) is 10.9 Å². The average Bonchev–Trinajstić information content (AvgIpc) is 3.02. The van der Waals surface area contributed by atoms with Gasteiger partial charge in [0, 0.05) is 11.4 Å². The molecule has 0 bridgehead atoms. The molecule has 1 saturated carbocycles. The van der Waals surface area contributed by atoms with Crippen molar-refractivity contribution < 1.29 is 27.9 Å². The van der Waals surface area contributed by atoms with E-state index in [4.69, 9.17) is 25.4 Å². The van der Waals surface area contributed by atoms with Gasteiger partial charge in [-0.1, -0.05) is 23.7 Å². The minimum absolute atomic E-state index is 0.103. The summed E-state index contributed by atoms with van der Waals surface area (Å²) in [6.07, 6.45) is 0.278. The Kier molecular flexibility index (Phi) is 8.14. The highest BCUT2D eigenvalue weighted by Crippen LogP contribution is 2.68. The van der Waals surface area contributed by atoms with Gasteiger partial charge in [-0.15, -0.1) is 0 Å². The van der Waals surface area contributed by atoms with Gasteiger partial charge >= 0.3 is 13.7 Å². The molecule has 0 heterocycles. The minimum Gasteiger partial charge on any atom is -0.444 e. The Bertz CT molecular complexity index is 797. The lowest BCUT2D eigenvalue weighted by atomic mass is 9.90. The van der Waals surface area contributed by atoms with Crippen molar-refractivity contribution >= 4 is 31.1 Å². The van der Waals surface area contributed by atoms with Gasteiger partial charge in [0.2, 0.25) is 0 Å². The third-order valence-electron chi connectivity index (χ3n) is 4.87. The molecule has 1 amide bonds. The van der Waals surface area contributed by atoms with E-state index < -0.39 is 30.5 Å². The van der Waals surface area contributed by atoms with Gasteiger partial charge in [-0.3, -0.25) is 9.36 Å². The van der Waals surface area contributed by atoms with E-state index in [9.17, 15) is 14.2 Å². The first kappa shape index (κ1) is 24.9. The number of ketones is 1. The van der Waals surface area contributed by atoms with E-state index in [0.29, 0.717) is 17.0 Å². The highest BCUT2D eigenvalue weighted by molar-refractivity contribution is 7.57. The van der Waals surface area contributed by atoms with Crippen LogP contribution < -0.4 is 5.32 Å². The summed E-state index contributed by atoms with van der Waals surface area (Å²) in [5.74, 6) is -0.260. The monoisotopic (exact) mass is 459 g/mol. The molecule has 0 saturated heterocycles. The second-order valence-corrected chi connectivity index (χ2v) is 10.9. The van der Waals surface area contributed by atoms with Crippen LogP contribution in [0.3, 0.4) is 0 Å². The summed E-state index contributed by atoms with van der Waals surface area (Å²) >= 11 is 6.04. The molecule has 1 aromatic rings. The molecule has 0 unspecified atom stereocenters. The maximum absolute atomic E-state index is 14.0. The predicted octanol–water partition coefficient (Wildman–Crippen LogP) is 5.66. The van der Waals surface area contributed by atoms with Crippen molar-refractivity contribution in [1.82, 2.24) is 5.32 Å². The molecule has 1 aliphatic carbocycles. The molecule has 1 aliphatic rings. The molecular weight excluding hydrogens is 429 g/mol. The molecule has 0 radical (unpaired) electrons. The number of ether oxygens (including phenoxy) is 1. The third kappa shape index (κ3) is 5.25. The van der Waals surface area contributed by atoms with Crippen LogP contribution in [0.2, 0.25) is 5.02 Å². The Morgan fingerprint density at radius 1 is 1.20 bits per heavy atom. The van der Waals surface area contributed by atoms with Crippen molar-refractivity contribution in [1.29, 1.82) is 0 Å². The normalized spacial score (nSPS) is 20.8. The maximum atomic E-state index is 14.0. The van der Waals surface area contributed by atoms with Gasteiger partial charge in [0.05, 0.1) is 19.3 Å². The summed E-state index contributed by atoms with van der Waals surface area (Å²) in [6.45, 7) is 8.82. The number of hydrogen-bond donors (Lipinski definition) is 1. The topological polar surface area (TPSA) is 90.9 Å². The Morgan fingerprint density at radius 2 is 1.77 bits per heavy atom. The number of benzene rings is 1. The lowest BCUT2D eigenvalue weighted by Gasteiger charge is -2.41. The van der Waals surface area contributed by atoms with Crippen molar-refractivity contribution in [3.05, 3.63) is 34.9 Å². The maximum Gasteiger partial charge on any atom is 0.408 e. The van der Waals surface area contributed by atoms with Crippen molar-refractivity contribution in [2.24, 2.45) is 0 Å². The zero-order chi connectivity index (χ0) is 22.6. The van der Waals surface area contributed by atoms with E-state index in [2.05, 4.69) is 5.32 Å². The number of carbonyl (C=O) groups excluding carboxylic acids is 2. The number of rotatable bonds is 8. The molecular formula is C21H31ClNO6P. The van der Waals surface area contributed by atoms with Crippen LogP contribution in [0, 0.1) is 0 Å². The van der Waals surface area contributed by atoms with Crippen LogP contribution >= 0.6 is 19.2 Å². The number of alkyl carbamates (subject to hydrolysis) is 1. The van der Waals surface area contributed by atoms with Gasteiger partial charge in [0.25, 0.3) is 0 Å². The first-order valence-corrected chi connectivity index (χ1v) is 12.1. The molecule has 0 aliphatic heterocycles. The Labute approximate surface area is 183 Å². The molecule has 0 aromatic heterocycles. The molecule has 7 nitrogen and oxygen atoms in total. The van der Waals surface area contributed by atoms with Gasteiger partial charge in [0.1, 0.15) is 5.60 Å². The first-order chi connectivity index (χ1) is 14.0. The predicted molar refractivity (Wildman–Crippen MR) is 116 cm³/mol. The van der Waals surface area contributed by atoms with Crippen LogP contribution in [0.4, 0.5) is 4.79 Å². The number of hydrogen-bond acceptors (Lipinski definition) is 6. The largest absolute Gasteiger partial charge is 0.444 e. The highest BCUT2D eigenvalue weighted by atomic mass is 35.5. The molecule has 2 rings (SSSR count). The summed E-state index contributed by atoms with van der Waals surface area (Å²) in [6, 6.07) is 5.73. The number of halogens is 1. The van der Waals surface area contributed by atoms with E-state index in [-0.39, 0.29) is 31.8 Å². The zero-order valence-corrected chi connectivity index (χ0v) is 19.8. The van der Waals surface area contributed by atoms with Crippen molar-refractivity contribution in [2.75, 3.05) is 13.2 Å². The Hall–Kier alpha value is -1.40. The first-order valence-electron chi connectivity index (χ1n) is 10.2. The molecule has 9 heteroatoms. The molecule has 168 valence electrons. The Morgan fingerprint density at radius 3 is 2.20 bits per heavy atom. The van der Waals surface area contributed by atoms with Crippen LogP contribution in [-0.2, 0) is 23.1 Å². The number of carbonyl (C=O) groups is 2. The van der Waals surface area contributed by atoms with Crippen LogP contribution in [0.5, 0.6) is 0 Å². The molecule has 1 aromatic carbocycles. The quantitative estimate of drug-likeness (QED) is 0.504. The molecule has 1 N–H and O–H groups in total. The van der Waals surface area contributed by atoms with Crippen LogP contribution in [0.15, 0.2) is 24.3 Å². The van der Waals surface area contributed by atoms with Gasteiger partial charge < -0.3 is 19.1 Å². The van der Waals surface area contributed by atoms with Gasteiger partial charge in [-0.25, -0.2) is 4.79 Å². The van der Waals surface area contributed by atoms with Crippen molar-refractivity contribution in [3.8, 4) is 0 Å². The van der Waals surface area contributed by atoms with Crippen LogP contribution in [0.25, 0.3) is 0 Å². The molecule has 30 heavy (non-hydrogen) atoms. The molecule has 2 atom stereocenters. The Balaban J connectivity index is 2.64. The summed E-state index contributed by atoms with van der Waals surface area (Å²) in [7, 11) is -3.95. The fraction of sp³-hybridized carbons (Fsp3) is 0.619. The van der Waals surface area contributed by atoms with Crippen LogP contribution in [0.1, 0.15) is 65.5 Å². The van der Waals surface area contributed by atoms with Crippen LogP contribution in [-0.4, -0.2) is 35.8 Å². The summed E-state index contributed by atoms with van der Waals surface area (Å²) in [5, 5.41) is 1.74. The fourth-order valence-electron chi connectivity index (χ4n) is 3.79. The van der Waals surface area contributed by atoms with E-state index in [1.165, 1.54) is 0 Å². The zero-order valence-electron chi connectivity index (χ0n) is 18.2. The smallest absolute Gasteiger partial charge is 0.408 e. The van der Waals surface area contributed by atoms with E-state index >= 15 is 0 Å². The highest BCUT2D eigenvalue weighted by Gasteiger charge is 2.63.